The van der Waals surface area contributed by atoms with Crippen LogP contribution >= 0.6 is 0 Å². The monoisotopic (exact) mass is 313 g/mol. The molecule has 122 valence electrons. The van der Waals surface area contributed by atoms with Gasteiger partial charge in [0.25, 0.3) is 0 Å². The fraction of sp³-hybridized carbons (Fsp3) is 0.562. The van der Waals surface area contributed by atoms with Crippen LogP contribution < -0.4 is 10.1 Å². The molecular weight excluding hydrogens is 292 g/mol. The van der Waals surface area contributed by atoms with E-state index in [4.69, 9.17) is 0 Å². The quantitative estimate of drug-likeness (QED) is 0.813. The van der Waals surface area contributed by atoms with Gasteiger partial charge in [-0.3, -0.25) is 4.79 Å². The minimum absolute atomic E-state index is 0.0103. The third-order valence-corrected chi connectivity index (χ3v) is 3.91. The molecule has 0 radical (unpaired) electrons. The lowest BCUT2D eigenvalue weighted by molar-refractivity contribution is -0.122. The molecule has 2 rings (SSSR count). The van der Waals surface area contributed by atoms with Gasteiger partial charge in [-0.1, -0.05) is 25.0 Å². The van der Waals surface area contributed by atoms with Gasteiger partial charge in [0.2, 0.25) is 5.91 Å². The van der Waals surface area contributed by atoms with E-state index in [0.29, 0.717) is 17.9 Å². The fourth-order valence-corrected chi connectivity index (χ4v) is 2.78. The molecule has 6 heteroatoms. The second kappa shape index (κ2) is 8.08. The van der Waals surface area contributed by atoms with Crippen LogP contribution in [0.25, 0.3) is 0 Å². The summed E-state index contributed by atoms with van der Waals surface area (Å²) in [5, 5.41) is 12.7. The highest BCUT2D eigenvalue weighted by atomic mass is 19.3. The van der Waals surface area contributed by atoms with E-state index in [1.807, 2.05) is 0 Å². The maximum absolute atomic E-state index is 12.2. The van der Waals surface area contributed by atoms with E-state index in [2.05, 4.69) is 10.1 Å². The zero-order valence-corrected chi connectivity index (χ0v) is 12.3. The first-order valence-corrected chi connectivity index (χ1v) is 7.54. The topological polar surface area (TPSA) is 58.6 Å². The van der Waals surface area contributed by atoms with Crippen LogP contribution in [0.1, 0.15) is 43.8 Å². The second-order valence-corrected chi connectivity index (χ2v) is 5.63. The lowest BCUT2D eigenvalue weighted by Gasteiger charge is -2.15. The zero-order chi connectivity index (χ0) is 15.9. The Morgan fingerprint density at radius 1 is 1.36 bits per heavy atom. The van der Waals surface area contributed by atoms with Gasteiger partial charge in [0.15, 0.2) is 0 Å². The summed E-state index contributed by atoms with van der Waals surface area (Å²) in [5.41, 5.74) is 0.430. The highest BCUT2D eigenvalue weighted by Gasteiger charge is 2.19. The number of amides is 1. The molecule has 1 aliphatic rings. The van der Waals surface area contributed by atoms with Crippen LogP contribution in [0.15, 0.2) is 24.3 Å². The summed E-state index contributed by atoms with van der Waals surface area (Å²) in [6, 6.07) is 5.86. The van der Waals surface area contributed by atoms with Gasteiger partial charge in [0.05, 0.1) is 6.10 Å². The summed E-state index contributed by atoms with van der Waals surface area (Å²) < 4.78 is 28.6. The number of aliphatic hydroxyl groups excluding tert-OH is 1. The Bertz CT molecular complexity index is 490. The average molecular weight is 313 g/mol. The number of benzene rings is 1. The van der Waals surface area contributed by atoms with E-state index < -0.39 is 12.7 Å². The molecular formula is C16H21F2NO3. The van der Waals surface area contributed by atoms with E-state index in [-0.39, 0.29) is 18.2 Å². The third-order valence-electron chi connectivity index (χ3n) is 3.91. The van der Waals surface area contributed by atoms with Crippen LogP contribution in [0.4, 0.5) is 8.78 Å². The van der Waals surface area contributed by atoms with E-state index in [9.17, 15) is 18.7 Å². The Kier molecular flexibility index (Phi) is 6.12. The van der Waals surface area contributed by atoms with Gasteiger partial charge < -0.3 is 15.2 Å². The maximum Gasteiger partial charge on any atom is 0.387 e. The predicted molar refractivity (Wildman–Crippen MR) is 77.6 cm³/mol. The van der Waals surface area contributed by atoms with Crippen molar-refractivity contribution in [3.8, 4) is 5.75 Å². The minimum Gasteiger partial charge on any atom is -0.435 e. The van der Waals surface area contributed by atoms with Crippen molar-refractivity contribution in [2.45, 2.75) is 44.8 Å². The fourth-order valence-electron chi connectivity index (χ4n) is 2.78. The number of alkyl halides is 2. The molecule has 0 saturated heterocycles. The number of halogens is 2. The molecule has 1 unspecified atom stereocenters. The van der Waals surface area contributed by atoms with Crippen LogP contribution in [0.3, 0.4) is 0 Å². The average Bonchev–Trinajstić information content (AvgIpc) is 2.97. The van der Waals surface area contributed by atoms with Gasteiger partial charge in [0.1, 0.15) is 5.75 Å². The van der Waals surface area contributed by atoms with E-state index >= 15 is 0 Å². The zero-order valence-electron chi connectivity index (χ0n) is 12.3. The minimum atomic E-state index is -2.90. The Balaban J connectivity index is 1.80. The number of rotatable bonds is 7. The van der Waals surface area contributed by atoms with Crippen molar-refractivity contribution in [1.82, 2.24) is 5.32 Å². The number of nitrogens with one attached hydrogen (secondary N) is 1. The summed E-state index contributed by atoms with van der Waals surface area (Å²) in [5.74, 6) is 0.356. The maximum atomic E-state index is 12.2. The SMILES string of the molecule is O=C(CC1CCCC1)NCC(O)c1cccc(OC(F)F)c1. The number of ether oxygens (including phenoxy) is 1. The molecule has 0 aromatic heterocycles. The summed E-state index contributed by atoms with van der Waals surface area (Å²) in [6.07, 6.45) is 4.07. The van der Waals surface area contributed by atoms with Crippen LogP contribution in [0.5, 0.6) is 5.75 Å². The summed E-state index contributed by atoms with van der Waals surface area (Å²) in [7, 11) is 0. The molecule has 0 aliphatic heterocycles. The molecule has 0 heterocycles. The molecule has 2 N–H and O–H groups in total. The lowest BCUT2D eigenvalue weighted by atomic mass is 10.0. The van der Waals surface area contributed by atoms with E-state index in [1.165, 1.54) is 31.0 Å². The van der Waals surface area contributed by atoms with Crippen molar-refractivity contribution in [1.29, 1.82) is 0 Å². The van der Waals surface area contributed by atoms with Gasteiger partial charge in [-0.2, -0.15) is 8.78 Å². The predicted octanol–water partition coefficient (Wildman–Crippen LogP) is 3.02. The first kappa shape index (κ1) is 16.7. The first-order chi connectivity index (χ1) is 10.5. The van der Waals surface area contributed by atoms with Crippen molar-refractivity contribution in [2.75, 3.05) is 6.54 Å². The molecule has 0 spiro atoms. The van der Waals surface area contributed by atoms with Crippen LogP contribution in [-0.2, 0) is 4.79 Å². The number of carbonyl (C=O) groups is 1. The molecule has 1 fully saturated rings. The molecule has 22 heavy (non-hydrogen) atoms. The number of carbonyl (C=O) groups excluding carboxylic acids is 1. The summed E-state index contributed by atoms with van der Waals surface area (Å²) >= 11 is 0. The van der Waals surface area contributed by atoms with Crippen molar-refractivity contribution in [3.63, 3.8) is 0 Å². The van der Waals surface area contributed by atoms with Gasteiger partial charge in [0, 0.05) is 13.0 Å². The molecule has 1 atom stereocenters. The third kappa shape index (κ3) is 5.26. The molecule has 1 aliphatic carbocycles. The smallest absolute Gasteiger partial charge is 0.387 e. The number of aliphatic hydroxyl groups is 1. The Morgan fingerprint density at radius 2 is 2.09 bits per heavy atom. The molecule has 1 saturated carbocycles. The van der Waals surface area contributed by atoms with Gasteiger partial charge in [-0.05, 0) is 36.5 Å². The van der Waals surface area contributed by atoms with Crippen molar-refractivity contribution in [2.24, 2.45) is 5.92 Å². The molecule has 1 aromatic rings. The highest BCUT2D eigenvalue weighted by molar-refractivity contribution is 5.76. The van der Waals surface area contributed by atoms with Gasteiger partial charge >= 0.3 is 6.61 Å². The van der Waals surface area contributed by atoms with Crippen LogP contribution in [-0.4, -0.2) is 24.2 Å². The first-order valence-electron chi connectivity index (χ1n) is 7.54. The summed E-state index contributed by atoms with van der Waals surface area (Å²) in [6.45, 7) is -2.84. The van der Waals surface area contributed by atoms with E-state index in [0.717, 1.165) is 12.8 Å². The largest absolute Gasteiger partial charge is 0.435 e. The normalized spacial score (nSPS) is 16.7. The number of hydrogen-bond donors (Lipinski definition) is 2. The molecule has 1 aromatic carbocycles. The second-order valence-electron chi connectivity index (χ2n) is 5.63. The van der Waals surface area contributed by atoms with Crippen molar-refractivity contribution in [3.05, 3.63) is 29.8 Å². The Labute approximate surface area is 128 Å². The van der Waals surface area contributed by atoms with Crippen molar-refractivity contribution < 1.29 is 23.4 Å². The standard InChI is InChI=1S/C16H21F2NO3/c17-16(18)22-13-7-3-6-12(9-13)14(20)10-19-15(21)8-11-4-1-2-5-11/h3,6-7,9,11,14,16,20H,1-2,4-5,8,10H2,(H,19,21). The highest BCUT2D eigenvalue weighted by Crippen LogP contribution is 2.27. The Hall–Kier alpha value is -1.69. The van der Waals surface area contributed by atoms with E-state index in [1.54, 1.807) is 6.07 Å². The van der Waals surface area contributed by atoms with Crippen LogP contribution in [0, 0.1) is 5.92 Å². The van der Waals surface area contributed by atoms with Crippen molar-refractivity contribution >= 4 is 5.91 Å². The number of hydrogen-bond acceptors (Lipinski definition) is 3. The lowest BCUT2D eigenvalue weighted by Crippen LogP contribution is -2.29. The summed E-state index contributed by atoms with van der Waals surface area (Å²) in [4.78, 5) is 11.8. The van der Waals surface area contributed by atoms with Gasteiger partial charge in [-0.25, -0.2) is 0 Å². The Morgan fingerprint density at radius 3 is 2.77 bits per heavy atom. The molecule has 0 bridgehead atoms. The van der Waals surface area contributed by atoms with Gasteiger partial charge in [-0.15, -0.1) is 0 Å². The molecule has 4 nitrogen and oxygen atoms in total. The molecule has 1 amide bonds. The van der Waals surface area contributed by atoms with Crippen LogP contribution in [0.2, 0.25) is 0 Å².